The van der Waals surface area contributed by atoms with E-state index in [1.54, 1.807) is 4.90 Å². The number of ether oxygens (including phenoxy) is 1. The van der Waals surface area contributed by atoms with Gasteiger partial charge in [0.15, 0.2) is 6.61 Å². The van der Waals surface area contributed by atoms with E-state index in [0.717, 1.165) is 18.6 Å². The van der Waals surface area contributed by atoms with Gasteiger partial charge in [0.25, 0.3) is 5.91 Å². The van der Waals surface area contributed by atoms with Gasteiger partial charge in [0, 0.05) is 31.6 Å². The van der Waals surface area contributed by atoms with Gasteiger partial charge in [0.05, 0.1) is 0 Å². The van der Waals surface area contributed by atoms with E-state index in [-0.39, 0.29) is 23.8 Å². The van der Waals surface area contributed by atoms with E-state index in [9.17, 15) is 9.59 Å². The van der Waals surface area contributed by atoms with Crippen molar-refractivity contribution in [3.8, 4) is 5.75 Å². The van der Waals surface area contributed by atoms with Gasteiger partial charge >= 0.3 is 0 Å². The Kier molecular flexibility index (Phi) is 5.02. The molecule has 1 fully saturated rings. The molecule has 1 aliphatic carbocycles. The third kappa shape index (κ3) is 4.14. The first kappa shape index (κ1) is 17.8. The highest BCUT2D eigenvalue weighted by Crippen LogP contribution is 2.26. The minimum absolute atomic E-state index is 0.0108. The van der Waals surface area contributed by atoms with E-state index in [2.05, 4.69) is 12.1 Å². The number of aryl methyl sites for hydroxylation is 2. The van der Waals surface area contributed by atoms with Gasteiger partial charge < -0.3 is 14.5 Å². The third-order valence-corrected chi connectivity index (χ3v) is 4.99. The molecule has 2 amide bonds. The molecule has 0 saturated carbocycles. The molecule has 1 aliphatic heterocycles. The molecule has 1 aromatic carbocycles. The fraction of sp³-hybridized carbons (Fsp3) is 0.600. The molecule has 0 bridgehead atoms. The lowest BCUT2D eigenvalue weighted by molar-refractivity contribution is -0.145. The monoisotopic (exact) mass is 344 g/mol. The predicted octanol–water partition coefficient (Wildman–Crippen LogP) is 2.27. The van der Waals surface area contributed by atoms with E-state index in [0.29, 0.717) is 26.2 Å². The van der Waals surface area contributed by atoms with Gasteiger partial charge in [-0.25, -0.2) is 0 Å². The summed E-state index contributed by atoms with van der Waals surface area (Å²) >= 11 is 0. The summed E-state index contributed by atoms with van der Waals surface area (Å²) in [4.78, 5) is 28.3. The Labute approximate surface area is 149 Å². The third-order valence-electron chi connectivity index (χ3n) is 4.99. The number of nitrogens with zero attached hydrogens (tertiary/aromatic N) is 2. The van der Waals surface area contributed by atoms with Gasteiger partial charge in [-0.2, -0.15) is 0 Å². The molecule has 5 heteroatoms. The number of carbonyl (C=O) groups excluding carboxylic acids is 2. The highest BCUT2D eigenvalue weighted by Gasteiger charge is 2.30. The number of fused-ring (bicyclic) bond motifs is 1. The maximum absolute atomic E-state index is 12.4. The summed E-state index contributed by atoms with van der Waals surface area (Å²) in [5.74, 6) is 0.910. The summed E-state index contributed by atoms with van der Waals surface area (Å²) < 4.78 is 5.70. The van der Waals surface area contributed by atoms with Crippen LogP contribution in [0.2, 0.25) is 0 Å². The Bertz CT molecular complexity index is 655. The zero-order valence-electron chi connectivity index (χ0n) is 15.5. The minimum Gasteiger partial charge on any atom is -0.484 e. The lowest BCUT2D eigenvalue weighted by atomic mass is 9.94. The summed E-state index contributed by atoms with van der Waals surface area (Å²) in [7, 11) is 0. The van der Waals surface area contributed by atoms with Crippen molar-refractivity contribution in [1.29, 1.82) is 0 Å². The molecule has 0 spiro atoms. The first-order chi connectivity index (χ1) is 11.8. The molecule has 0 atom stereocenters. The Hall–Kier alpha value is -2.04. The zero-order chi connectivity index (χ0) is 18.0. The molecule has 1 heterocycles. The zero-order valence-corrected chi connectivity index (χ0v) is 15.5. The topological polar surface area (TPSA) is 49.9 Å². The number of amides is 2. The van der Waals surface area contributed by atoms with Gasteiger partial charge in [0.1, 0.15) is 5.75 Å². The van der Waals surface area contributed by atoms with Crippen LogP contribution in [0.4, 0.5) is 0 Å². The second-order valence-corrected chi connectivity index (χ2v) is 8.00. The Morgan fingerprint density at radius 1 is 1.00 bits per heavy atom. The molecule has 0 aromatic heterocycles. The normalized spacial score (nSPS) is 17.4. The molecule has 3 rings (SSSR count). The van der Waals surface area contributed by atoms with E-state index >= 15 is 0 Å². The van der Waals surface area contributed by atoms with Crippen LogP contribution in [-0.2, 0) is 22.4 Å². The molecular weight excluding hydrogens is 316 g/mol. The van der Waals surface area contributed by atoms with Gasteiger partial charge in [-0.1, -0.05) is 26.8 Å². The summed E-state index contributed by atoms with van der Waals surface area (Å²) in [6.45, 7) is 8.20. The Balaban J connectivity index is 1.48. The second-order valence-electron chi connectivity index (χ2n) is 8.00. The molecule has 0 radical (unpaired) electrons. The van der Waals surface area contributed by atoms with Crippen LogP contribution in [0.1, 0.15) is 38.3 Å². The Morgan fingerprint density at radius 3 is 2.32 bits per heavy atom. The minimum atomic E-state index is -0.372. The van der Waals surface area contributed by atoms with Crippen molar-refractivity contribution in [3.05, 3.63) is 29.3 Å². The number of hydrogen-bond acceptors (Lipinski definition) is 3. The SMILES string of the molecule is CC(C)(C)C(=O)N1CCN(C(=O)COc2ccc3c(c2)CCC3)CC1. The molecule has 0 unspecified atom stereocenters. The quantitative estimate of drug-likeness (QED) is 0.845. The summed E-state index contributed by atoms with van der Waals surface area (Å²) in [5, 5.41) is 0. The van der Waals surface area contributed by atoms with Gasteiger partial charge in [0.2, 0.25) is 5.91 Å². The van der Waals surface area contributed by atoms with E-state index in [4.69, 9.17) is 4.74 Å². The predicted molar refractivity (Wildman–Crippen MR) is 96.6 cm³/mol. The average Bonchev–Trinajstić information content (AvgIpc) is 3.06. The highest BCUT2D eigenvalue weighted by molar-refractivity contribution is 5.82. The smallest absolute Gasteiger partial charge is 0.260 e. The fourth-order valence-corrected chi connectivity index (χ4v) is 3.51. The van der Waals surface area contributed by atoms with Crippen molar-refractivity contribution in [2.75, 3.05) is 32.8 Å². The van der Waals surface area contributed by atoms with Gasteiger partial charge in [-0.3, -0.25) is 9.59 Å². The molecule has 1 aromatic rings. The molecule has 0 N–H and O–H groups in total. The van der Waals surface area contributed by atoms with Gasteiger partial charge in [-0.05, 0) is 42.5 Å². The van der Waals surface area contributed by atoms with E-state index in [1.165, 1.54) is 17.5 Å². The maximum atomic E-state index is 12.4. The van der Waals surface area contributed by atoms with Gasteiger partial charge in [-0.15, -0.1) is 0 Å². The van der Waals surface area contributed by atoms with Crippen molar-refractivity contribution in [2.45, 2.75) is 40.0 Å². The van der Waals surface area contributed by atoms with E-state index < -0.39 is 0 Å². The first-order valence-corrected chi connectivity index (χ1v) is 9.16. The first-order valence-electron chi connectivity index (χ1n) is 9.16. The molecule has 5 nitrogen and oxygen atoms in total. The largest absolute Gasteiger partial charge is 0.484 e. The van der Waals surface area contributed by atoms with Crippen molar-refractivity contribution in [3.63, 3.8) is 0 Å². The van der Waals surface area contributed by atoms with Crippen LogP contribution < -0.4 is 4.74 Å². The summed E-state index contributed by atoms with van der Waals surface area (Å²) in [6.07, 6.45) is 3.45. The number of piperazine rings is 1. The van der Waals surface area contributed by atoms with Crippen molar-refractivity contribution < 1.29 is 14.3 Å². The summed E-state index contributed by atoms with van der Waals surface area (Å²) in [6, 6.07) is 6.13. The van der Waals surface area contributed by atoms with Crippen LogP contribution in [0.3, 0.4) is 0 Å². The van der Waals surface area contributed by atoms with Crippen molar-refractivity contribution in [2.24, 2.45) is 5.41 Å². The second kappa shape index (κ2) is 7.06. The average molecular weight is 344 g/mol. The fourth-order valence-electron chi connectivity index (χ4n) is 3.51. The van der Waals surface area contributed by atoms with Crippen LogP contribution in [0.15, 0.2) is 18.2 Å². The molecule has 25 heavy (non-hydrogen) atoms. The molecule has 136 valence electrons. The molecule has 2 aliphatic rings. The van der Waals surface area contributed by atoms with Crippen LogP contribution >= 0.6 is 0 Å². The number of hydrogen-bond donors (Lipinski definition) is 0. The Morgan fingerprint density at radius 2 is 1.64 bits per heavy atom. The number of benzene rings is 1. The summed E-state index contributed by atoms with van der Waals surface area (Å²) in [5.41, 5.74) is 2.38. The molecule has 1 saturated heterocycles. The van der Waals surface area contributed by atoms with Crippen LogP contribution in [0.5, 0.6) is 5.75 Å². The lowest BCUT2D eigenvalue weighted by Crippen LogP contribution is -2.53. The van der Waals surface area contributed by atoms with E-state index in [1.807, 2.05) is 31.7 Å². The number of rotatable bonds is 3. The van der Waals surface area contributed by atoms with Crippen molar-refractivity contribution in [1.82, 2.24) is 9.80 Å². The van der Waals surface area contributed by atoms with Crippen LogP contribution in [0, 0.1) is 5.41 Å². The molecular formula is C20H28N2O3. The lowest BCUT2D eigenvalue weighted by Gasteiger charge is -2.37. The standard InChI is InChI=1S/C20H28N2O3/c1-20(2,3)19(24)22-11-9-21(10-12-22)18(23)14-25-17-8-7-15-5-4-6-16(15)13-17/h7-8,13H,4-6,9-12,14H2,1-3H3. The highest BCUT2D eigenvalue weighted by atomic mass is 16.5. The maximum Gasteiger partial charge on any atom is 0.260 e. The van der Waals surface area contributed by atoms with Crippen LogP contribution in [0.25, 0.3) is 0 Å². The number of carbonyl (C=O) groups is 2. The van der Waals surface area contributed by atoms with Crippen molar-refractivity contribution >= 4 is 11.8 Å². The van der Waals surface area contributed by atoms with Crippen LogP contribution in [-0.4, -0.2) is 54.4 Å².